The summed E-state index contributed by atoms with van der Waals surface area (Å²) in [5.74, 6) is 1.22. The molecule has 0 saturated carbocycles. The number of aliphatic hydroxyl groups is 1. The maximum Gasteiger partial charge on any atom is 0.106 e. The van der Waals surface area contributed by atoms with E-state index in [-0.39, 0.29) is 0 Å². The van der Waals surface area contributed by atoms with Gasteiger partial charge in [-0.05, 0) is 30.9 Å². The first kappa shape index (κ1) is 12.2. The second-order valence-electron chi connectivity index (χ2n) is 2.58. The maximum absolute atomic E-state index is 7.00. The Kier molecular flexibility index (Phi) is 7.41. The van der Waals surface area contributed by atoms with Crippen LogP contribution < -0.4 is 0 Å². The lowest BCUT2D eigenvalue weighted by Crippen LogP contribution is -1.97. The summed E-state index contributed by atoms with van der Waals surface area (Å²) >= 11 is 0. The van der Waals surface area contributed by atoms with Crippen molar-refractivity contribution in [3.63, 3.8) is 0 Å². The third-order valence-corrected chi connectivity index (χ3v) is 1.94. The quantitative estimate of drug-likeness (QED) is 0.672. The maximum atomic E-state index is 7.00. The summed E-state index contributed by atoms with van der Waals surface area (Å²) in [5, 5.41) is 7.00. The molecule has 0 radical (unpaired) electrons. The number of aliphatic hydroxyl groups excluding tert-OH is 1. The minimum absolute atomic E-state index is 1.00. The van der Waals surface area contributed by atoms with E-state index in [0.717, 1.165) is 13.5 Å². The Morgan fingerprint density at radius 1 is 1.15 bits per heavy atom. The van der Waals surface area contributed by atoms with Crippen LogP contribution in [0.1, 0.15) is 38.0 Å². The summed E-state index contributed by atoms with van der Waals surface area (Å²) in [6.45, 7) is 4.00. The third-order valence-electron chi connectivity index (χ3n) is 1.94. The SMILES string of the molecule is CC.CO.c1cc2c(o1)CCCC2. The number of hydrogen-bond acceptors (Lipinski definition) is 2. The average Bonchev–Trinajstić information content (AvgIpc) is 2.71. The zero-order chi connectivity index (χ0) is 10.1. The van der Waals surface area contributed by atoms with Crippen molar-refractivity contribution in [1.82, 2.24) is 0 Å². The van der Waals surface area contributed by atoms with E-state index in [1.165, 1.54) is 30.6 Å². The normalized spacial score (nSPS) is 12.9. The van der Waals surface area contributed by atoms with Gasteiger partial charge in [0.15, 0.2) is 0 Å². The second kappa shape index (κ2) is 7.87. The Balaban J connectivity index is 0.000000322. The van der Waals surface area contributed by atoms with Crippen LogP contribution in [-0.4, -0.2) is 12.2 Å². The molecule has 76 valence electrons. The largest absolute Gasteiger partial charge is 0.469 e. The molecule has 0 unspecified atom stereocenters. The molecule has 1 heterocycles. The Morgan fingerprint density at radius 3 is 2.38 bits per heavy atom. The van der Waals surface area contributed by atoms with Gasteiger partial charge in [-0.25, -0.2) is 0 Å². The highest BCUT2D eigenvalue weighted by atomic mass is 16.3. The molecule has 1 N–H and O–H groups in total. The van der Waals surface area contributed by atoms with Crippen LogP contribution in [0.4, 0.5) is 0 Å². The molecule has 0 fully saturated rings. The van der Waals surface area contributed by atoms with Gasteiger partial charge in [-0.2, -0.15) is 0 Å². The first-order valence-electron chi connectivity index (χ1n) is 4.97. The molecule has 1 aliphatic carbocycles. The number of hydrogen-bond donors (Lipinski definition) is 1. The number of rotatable bonds is 0. The van der Waals surface area contributed by atoms with Crippen LogP contribution in [0.25, 0.3) is 0 Å². The van der Waals surface area contributed by atoms with Gasteiger partial charge < -0.3 is 9.52 Å². The molecule has 0 bridgehead atoms. The van der Waals surface area contributed by atoms with Crippen molar-refractivity contribution >= 4 is 0 Å². The molecule has 1 aromatic heterocycles. The molecule has 0 aromatic carbocycles. The van der Waals surface area contributed by atoms with E-state index in [0.29, 0.717) is 0 Å². The highest BCUT2D eigenvalue weighted by Crippen LogP contribution is 2.20. The Hall–Kier alpha value is -0.760. The topological polar surface area (TPSA) is 33.4 Å². The van der Waals surface area contributed by atoms with Gasteiger partial charge >= 0.3 is 0 Å². The first-order valence-corrected chi connectivity index (χ1v) is 4.97. The summed E-state index contributed by atoms with van der Waals surface area (Å²) in [7, 11) is 1.00. The molecule has 13 heavy (non-hydrogen) atoms. The average molecular weight is 184 g/mol. The first-order chi connectivity index (χ1) is 6.47. The highest BCUT2D eigenvalue weighted by Gasteiger charge is 2.10. The van der Waals surface area contributed by atoms with Gasteiger partial charge in [0.1, 0.15) is 5.76 Å². The summed E-state index contributed by atoms with van der Waals surface area (Å²) in [5.41, 5.74) is 1.43. The van der Waals surface area contributed by atoms with E-state index in [9.17, 15) is 0 Å². The molecule has 0 aliphatic heterocycles. The molecule has 2 nitrogen and oxygen atoms in total. The van der Waals surface area contributed by atoms with Crippen LogP contribution in [0.15, 0.2) is 16.7 Å². The Labute approximate surface area is 80.6 Å². The molecule has 0 saturated heterocycles. The second-order valence-corrected chi connectivity index (χ2v) is 2.58. The van der Waals surface area contributed by atoms with Gasteiger partial charge in [-0.3, -0.25) is 0 Å². The summed E-state index contributed by atoms with van der Waals surface area (Å²) in [4.78, 5) is 0. The van der Waals surface area contributed by atoms with Crippen LogP contribution in [0, 0.1) is 0 Å². The van der Waals surface area contributed by atoms with E-state index < -0.39 is 0 Å². The van der Waals surface area contributed by atoms with Crippen molar-refractivity contribution in [2.45, 2.75) is 39.5 Å². The fraction of sp³-hybridized carbons (Fsp3) is 0.636. The van der Waals surface area contributed by atoms with Crippen molar-refractivity contribution < 1.29 is 9.52 Å². The van der Waals surface area contributed by atoms with E-state index in [4.69, 9.17) is 9.52 Å². The molecule has 0 atom stereocenters. The standard InChI is InChI=1S/C8H10O.C2H6.CH4O/c1-2-4-8-7(3-1)5-6-9-8;2*1-2/h5-6H,1-4H2;1-2H3;2H,1H3. The van der Waals surface area contributed by atoms with Crippen molar-refractivity contribution in [2.24, 2.45) is 0 Å². The molecule has 0 amide bonds. The number of fused-ring (bicyclic) bond motifs is 1. The van der Waals surface area contributed by atoms with Crippen molar-refractivity contribution in [3.8, 4) is 0 Å². The number of furan rings is 1. The van der Waals surface area contributed by atoms with Gasteiger partial charge in [0.2, 0.25) is 0 Å². The lowest BCUT2D eigenvalue weighted by Gasteiger charge is -2.07. The predicted octanol–water partition coefficient (Wildman–Crippen LogP) is 2.79. The van der Waals surface area contributed by atoms with Gasteiger partial charge in [-0.15, -0.1) is 0 Å². The molecule has 1 aliphatic rings. The van der Waals surface area contributed by atoms with Gasteiger partial charge in [0, 0.05) is 13.5 Å². The highest BCUT2D eigenvalue weighted by molar-refractivity contribution is 5.19. The van der Waals surface area contributed by atoms with Crippen LogP contribution >= 0.6 is 0 Å². The van der Waals surface area contributed by atoms with Gasteiger partial charge in [-0.1, -0.05) is 13.8 Å². The van der Waals surface area contributed by atoms with E-state index in [1.807, 2.05) is 13.8 Å². The molecular weight excluding hydrogens is 164 g/mol. The zero-order valence-electron chi connectivity index (χ0n) is 8.84. The number of aryl methyl sites for hydroxylation is 2. The molecule has 0 spiro atoms. The Morgan fingerprint density at radius 2 is 1.77 bits per heavy atom. The van der Waals surface area contributed by atoms with Crippen LogP contribution in [0.3, 0.4) is 0 Å². The predicted molar refractivity (Wildman–Crippen MR) is 54.8 cm³/mol. The monoisotopic (exact) mass is 184 g/mol. The van der Waals surface area contributed by atoms with Gasteiger partial charge in [0.25, 0.3) is 0 Å². The zero-order valence-corrected chi connectivity index (χ0v) is 8.84. The van der Waals surface area contributed by atoms with Crippen LogP contribution in [-0.2, 0) is 12.8 Å². The third kappa shape index (κ3) is 3.64. The van der Waals surface area contributed by atoms with Gasteiger partial charge in [0.05, 0.1) is 6.26 Å². The minimum Gasteiger partial charge on any atom is -0.469 e. The van der Waals surface area contributed by atoms with Crippen LogP contribution in [0.2, 0.25) is 0 Å². The smallest absolute Gasteiger partial charge is 0.106 e. The fourth-order valence-electron chi connectivity index (χ4n) is 1.41. The summed E-state index contributed by atoms with van der Waals surface area (Å²) in [6.07, 6.45) is 6.83. The molecular formula is C11H20O2. The van der Waals surface area contributed by atoms with E-state index >= 15 is 0 Å². The molecule has 2 rings (SSSR count). The minimum atomic E-state index is 1.00. The molecule has 1 aromatic rings. The van der Waals surface area contributed by atoms with E-state index in [1.54, 1.807) is 6.26 Å². The van der Waals surface area contributed by atoms with Crippen molar-refractivity contribution in [2.75, 3.05) is 7.11 Å². The Bertz CT molecular complexity index is 183. The fourth-order valence-corrected chi connectivity index (χ4v) is 1.41. The molecule has 2 heteroatoms. The lowest BCUT2D eigenvalue weighted by molar-refractivity contribution is 0.399. The lowest BCUT2D eigenvalue weighted by atomic mass is 9.99. The van der Waals surface area contributed by atoms with Crippen molar-refractivity contribution in [3.05, 3.63) is 23.7 Å². The van der Waals surface area contributed by atoms with Crippen molar-refractivity contribution in [1.29, 1.82) is 0 Å². The van der Waals surface area contributed by atoms with Crippen LogP contribution in [0.5, 0.6) is 0 Å². The van der Waals surface area contributed by atoms with E-state index in [2.05, 4.69) is 6.07 Å². The summed E-state index contributed by atoms with van der Waals surface area (Å²) in [6, 6.07) is 2.09. The summed E-state index contributed by atoms with van der Waals surface area (Å²) < 4.78 is 5.26.